The summed E-state index contributed by atoms with van der Waals surface area (Å²) in [6.07, 6.45) is 7.70. The monoisotopic (exact) mass is 514 g/mol. The maximum Gasteiger partial charge on any atom is 0.410 e. The van der Waals surface area contributed by atoms with Gasteiger partial charge in [-0.2, -0.15) is 5.26 Å². The number of likely N-dealkylation sites (tertiary alicyclic amines) is 1. The van der Waals surface area contributed by atoms with Gasteiger partial charge in [0, 0.05) is 43.3 Å². The van der Waals surface area contributed by atoms with Gasteiger partial charge in [0.15, 0.2) is 5.58 Å². The Labute approximate surface area is 225 Å². The molecule has 1 saturated heterocycles. The molecule has 7 heteroatoms. The second-order valence-corrected chi connectivity index (χ2v) is 11.1. The fourth-order valence-corrected chi connectivity index (χ4v) is 5.02. The summed E-state index contributed by atoms with van der Waals surface area (Å²) in [5, 5.41) is 14.6. The van der Waals surface area contributed by atoms with Crippen molar-refractivity contribution in [2.24, 2.45) is 5.92 Å². The Hall–Kier alpha value is -3.79. The van der Waals surface area contributed by atoms with Crippen LogP contribution in [0.4, 0.5) is 10.5 Å². The third-order valence-electron chi connectivity index (χ3n) is 7.03. The van der Waals surface area contributed by atoms with Crippen molar-refractivity contribution in [2.45, 2.75) is 65.5 Å². The molecule has 0 radical (unpaired) electrons. The molecule has 3 aromatic rings. The summed E-state index contributed by atoms with van der Waals surface area (Å²) in [6.45, 7) is 9.89. The fraction of sp³-hybridized carbons (Fsp3) is 0.452. The van der Waals surface area contributed by atoms with Gasteiger partial charge < -0.3 is 19.1 Å². The molecule has 1 amide bonds. The standard InChI is InChI=1S/C31H38N4O3/c1-6-7-26-28(34(5)21-24-10-8-23(20-32)9-11-24)15-13-25-27(33-38-29(25)26)14-12-22-16-18-35(19-17-22)30(36)37-31(2,3)4/h6-11,13,15,22H,12,14,16-19,21H2,1-5H3. The van der Waals surface area contributed by atoms with Crippen molar-refractivity contribution in [3.63, 3.8) is 0 Å². The molecule has 0 bridgehead atoms. The largest absolute Gasteiger partial charge is 0.444 e. The first-order valence-electron chi connectivity index (χ1n) is 13.4. The molecule has 0 aliphatic carbocycles. The van der Waals surface area contributed by atoms with Gasteiger partial charge in [-0.15, -0.1) is 0 Å². The molecule has 1 fully saturated rings. The Balaban J connectivity index is 1.42. The number of fused-ring (bicyclic) bond motifs is 1. The lowest BCUT2D eigenvalue weighted by Crippen LogP contribution is -2.41. The number of anilines is 1. The van der Waals surface area contributed by atoms with E-state index in [9.17, 15) is 4.79 Å². The second-order valence-electron chi connectivity index (χ2n) is 11.1. The van der Waals surface area contributed by atoms with Crippen LogP contribution in [0.15, 0.2) is 47.0 Å². The molecule has 1 aromatic heterocycles. The number of carbonyl (C=O) groups is 1. The smallest absolute Gasteiger partial charge is 0.410 e. The van der Waals surface area contributed by atoms with Crippen LogP contribution in [0.1, 0.15) is 69.3 Å². The summed E-state index contributed by atoms with van der Waals surface area (Å²) in [5.74, 6) is 0.549. The van der Waals surface area contributed by atoms with Crippen LogP contribution in [0.2, 0.25) is 0 Å². The number of ether oxygens (including phenoxy) is 1. The predicted octanol–water partition coefficient (Wildman–Crippen LogP) is 6.95. The fourth-order valence-electron chi connectivity index (χ4n) is 5.02. The maximum absolute atomic E-state index is 12.4. The van der Waals surface area contributed by atoms with E-state index in [0.717, 1.165) is 72.3 Å². The van der Waals surface area contributed by atoms with E-state index in [1.54, 1.807) is 0 Å². The molecule has 0 saturated carbocycles. The Bertz CT molecular complexity index is 1320. The van der Waals surface area contributed by atoms with E-state index in [2.05, 4.69) is 41.4 Å². The van der Waals surface area contributed by atoms with Gasteiger partial charge in [-0.1, -0.05) is 29.4 Å². The van der Waals surface area contributed by atoms with E-state index in [-0.39, 0.29) is 6.09 Å². The van der Waals surface area contributed by atoms with Crippen molar-refractivity contribution < 1.29 is 14.1 Å². The lowest BCUT2D eigenvalue weighted by Gasteiger charge is -2.33. The van der Waals surface area contributed by atoms with Crippen LogP contribution in [0.3, 0.4) is 0 Å². The van der Waals surface area contributed by atoms with Gasteiger partial charge in [-0.05, 0) is 89.1 Å². The van der Waals surface area contributed by atoms with Crippen LogP contribution >= 0.6 is 0 Å². The molecule has 2 heterocycles. The average molecular weight is 515 g/mol. The lowest BCUT2D eigenvalue weighted by molar-refractivity contribution is 0.0181. The molecule has 0 unspecified atom stereocenters. The number of carbonyl (C=O) groups excluding carboxylic acids is 1. The third-order valence-corrected chi connectivity index (χ3v) is 7.03. The number of nitriles is 1. The third kappa shape index (κ3) is 6.55. The first-order valence-corrected chi connectivity index (χ1v) is 13.4. The summed E-state index contributed by atoms with van der Waals surface area (Å²) < 4.78 is 11.4. The van der Waals surface area contributed by atoms with E-state index >= 15 is 0 Å². The molecule has 1 aliphatic rings. The highest BCUT2D eigenvalue weighted by Gasteiger charge is 2.27. The molecule has 0 atom stereocenters. The highest BCUT2D eigenvalue weighted by molar-refractivity contribution is 5.93. The van der Waals surface area contributed by atoms with Crippen LogP contribution in [-0.2, 0) is 17.7 Å². The lowest BCUT2D eigenvalue weighted by atomic mass is 9.91. The van der Waals surface area contributed by atoms with E-state index in [0.29, 0.717) is 18.0 Å². The Kier molecular flexibility index (Phi) is 8.41. The van der Waals surface area contributed by atoms with Crippen molar-refractivity contribution in [1.82, 2.24) is 10.1 Å². The number of hydrogen-bond acceptors (Lipinski definition) is 6. The highest BCUT2D eigenvalue weighted by Crippen LogP contribution is 2.34. The van der Waals surface area contributed by atoms with Gasteiger partial charge in [-0.25, -0.2) is 4.79 Å². The van der Waals surface area contributed by atoms with Gasteiger partial charge in [-0.3, -0.25) is 0 Å². The number of allylic oxidation sites excluding steroid dienone is 1. The zero-order chi connectivity index (χ0) is 27.3. The van der Waals surface area contributed by atoms with Gasteiger partial charge in [0.05, 0.1) is 17.3 Å². The van der Waals surface area contributed by atoms with Crippen LogP contribution in [-0.4, -0.2) is 41.9 Å². The molecule has 7 nitrogen and oxygen atoms in total. The first-order chi connectivity index (χ1) is 18.2. The topological polar surface area (TPSA) is 82.6 Å². The number of aromatic nitrogens is 1. The number of hydrogen-bond donors (Lipinski definition) is 0. The first kappa shape index (κ1) is 27.3. The minimum atomic E-state index is -0.466. The van der Waals surface area contributed by atoms with E-state index < -0.39 is 5.60 Å². The maximum atomic E-state index is 12.4. The van der Waals surface area contributed by atoms with Gasteiger partial charge in [0.25, 0.3) is 0 Å². The normalized spacial score (nSPS) is 14.7. The SMILES string of the molecule is CC=Cc1c(N(C)Cc2ccc(C#N)cc2)ccc2c(CCC3CCN(C(=O)OC(C)(C)C)CC3)noc12. The molecule has 200 valence electrons. The Morgan fingerprint density at radius 1 is 1.21 bits per heavy atom. The van der Waals surface area contributed by atoms with E-state index in [1.165, 1.54) is 0 Å². The zero-order valence-electron chi connectivity index (χ0n) is 23.2. The quantitative estimate of drug-likeness (QED) is 0.339. The minimum Gasteiger partial charge on any atom is -0.444 e. The molecule has 0 N–H and O–H groups in total. The van der Waals surface area contributed by atoms with Crippen LogP contribution < -0.4 is 4.90 Å². The van der Waals surface area contributed by atoms with Crippen LogP contribution in [0.25, 0.3) is 17.0 Å². The molecule has 2 aromatic carbocycles. The summed E-state index contributed by atoms with van der Waals surface area (Å²) in [4.78, 5) is 16.4. The Morgan fingerprint density at radius 2 is 1.92 bits per heavy atom. The average Bonchev–Trinajstić information content (AvgIpc) is 3.31. The van der Waals surface area contributed by atoms with E-state index in [4.69, 9.17) is 14.5 Å². The minimum absolute atomic E-state index is 0.213. The number of aryl methyl sites for hydroxylation is 1. The Morgan fingerprint density at radius 3 is 2.55 bits per heavy atom. The summed E-state index contributed by atoms with van der Waals surface area (Å²) in [7, 11) is 2.06. The van der Waals surface area contributed by atoms with Crippen molar-refractivity contribution in [1.29, 1.82) is 5.26 Å². The highest BCUT2D eigenvalue weighted by atomic mass is 16.6. The summed E-state index contributed by atoms with van der Waals surface area (Å²) >= 11 is 0. The van der Waals surface area contributed by atoms with Gasteiger partial charge in [0.2, 0.25) is 0 Å². The molecule has 1 aliphatic heterocycles. The number of benzene rings is 2. The van der Waals surface area contributed by atoms with Crippen molar-refractivity contribution in [3.8, 4) is 6.07 Å². The van der Waals surface area contributed by atoms with E-state index in [1.807, 2.05) is 62.9 Å². The molecule has 4 rings (SSSR count). The molecular formula is C31H38N4O3. The zero-order valence-corrected chi connectivity index (χ0v) is 23.2. The summed E-state index contributed by atoms with van der Waals surface area (Å²) in [5.41, 5.74) is 5.21. The molecule has 38 heavy (non-hydrogen) atoms. The van der Waals surface area contributed by atoms with Crippen LogP contribution in [0.5, 0.6) is 0 Å². The van der Waals surface area contributed by atoms with Crippen molar-refractivity contribution >= 4 is 28.8 Å². The predicted molar refractivity (Wildman–Crippen MR) is 151 cm³/mol. The summed E-state index contributed by atoms with van der Waals surface area (Å²) in [6, 6.07) is 14.1. The number of amides is 1. The number of piperidine rings is 1. The van der Waals surface area contributed by atoms with Crippen molar-refractivity contribution in [2.75, 3.05) is 25.0 Å². The number of nitrogens with zero attached hydrogens (tertiary/aromatic N) is 4. The molecular weight excluding hydrogens is 476 g/mol. The van der Waals surface area contributed by atoms with Crippen LogP contribution in [0, 0.1) is 17.2 Å². The van der Waals surface area contributed by atoms with Gasteiger partial charge >= 0.3 is 6.09 Å². The number of rotatable bonds is 7. The second kappa shape index (κ2) is 11.7. The molecule has 0 spiro atoms. The van der Waals surface area contributed by atoms with Gasteiger partial charge in [0.1, 0.15) is 5.60 Å². The van der Waals surface area contributed by atoms with Crippen molar-refractivity contribution in [3.05, 3.63) is 64.9 Å².